The molecule has 0 aliphatic carbocycles. The minimum atomic E-state index is -0.497. The summed E-state index contributed by atoms with van der Waals surface area (Å²) < 4.78 is 5.16. The van der Waals surface area contributed by atoms with Gasteiger partial charge in [-0.1, -0.05) is 25.8 Å². The van der Waals surface area contributed by atoms with Crippen molar-refractivity contribution in [3.05, 3.63) is 24.3 Å². The van der Waals surface area contributed by atoms with E-state index in [9.17, 15) is 4.79 Å². The van der Waals surface area contributed by atoms with E-state index in [2.05, 4.69) is 12.2 Å². The van der Waals surface area contributed by atoms with Crippen molar-refractivity contribution in [1.29, 1.82) is 5.26 Å². The van der Waals surface area contributed by atoms with Gasteiger partial charge in [0, 0.05) is 11.8 Å². The van der Waals surface area contributed by atoms with E-state index < -0.39 is 6.04 Å². The molecule has 0 saturated carbocycles. The lowest BCUT2D eigenvalue weighted by Crippen LogP contribution is -2.35. The lowest BCUT2D eigenvalue weighted by Gasteiger charge is -2.12. The Morgan fingerprint density at radius 3 is 3.05 bits per heavy atom. The Hall–Kier alpha value is -2.06. The Labute approximate surface area is 113 Å². The van der Waals surface area contributed by atoms with Crippen molar-refractivity contribution in [2.45, 2.75) is 32.2 Å². The number of nitriles is 1. The Bertz CT molecular complexity index is 454. The van der Waals surface area contributed by atoms with Crippen LogP contribution in [-0.4, -0.2) is 18.6 Å². The Balaban J connectivity index is 2.56. The first kappa shape index (κ1) is 15.0. The van der Waals surface area contributed by atoms with Crippen LogP contribution in [0.4, 0.5) is 5.69 Å². The lowest BCUT2D eigenvalue weighted by molar-refractivity contribution is -0.117. The summed E-state index contributed by atoms with van der Waals surface area (Å²) in [6, 6.07) is 8.29. The Morgan fingerprint density at radius 2 is 2.37 bits per heavy atom. The number of amides is 1. The quantitative estimate of drug-likeness (QED) is 0.786. The Morgan fingerprint density at radius 1 is 1.58 bits per heavy atom. The van der Waals surface area contributed by atoms with Crippen molar-refractivity contribution in [3.63, 3.8) is 0 Å². The number of hydrogen-bond acceptors (Lipinski definition) is 4. The van der Waals surface area contributed by atoms with Crippen LogP contribution < -0.4 is 15.8 Å². The largest absolute Gasteiger partial charge is 0.479 e. The maximum Gasteiger partial charge on any atom is 0.241 e. The van der Waals surface area contributed by atoms with Crippen LogP contribution in [0.15, 0.2) is 24.3 Å². The van der Waals surface area contributed by atoms with Gasteiger partial charge in [0.2, 0.25) is 5.91 Å². The van der Waals surface area contributed by atoms with Crippen LogP contribution in [0.3, 0.4) is 0 Å². The summed E-state index contributed by atoms with van der Waals surface area (Å²) in [4.78, 5) is 11.8. The molecule has 102 valence electrons. The van der Waals surface area contributed by atoms with E-state index >= 15 is 0 Å². The summed E-state index contributed by atoms with van der Waals surface area (Å²) >= 11 is 0. The molecule has 5 heteroatoms. The second kappa shape index (κ2) is 8.11. The fraction of sp³-hybridized carbons (Fsp3) is 0.429. The van der Waals surface area contributed by atoms with Crippen molar-refractivity contribution < 1.29 is 9.53 Å². The van der Waals surface area contributed by atoms with Gasteiger partial charge in [0.05, 0.1) is 6.04 Å². The molecule has 19 heavy (non-hydrogen) atoms. The van der Waals surface area contributed by atoms with E-state index in [1.807, 2.05) is 6.07 Å². The molecule has 0 spiro atoms. The number of rotatable bonds is 7. The molecule has 0 aliphatic heterocycles. The number of nitrogens with two attached hydrogens (primary N) is 1. The van der Waals surface area contributed by atoms with Crippen molar-refractivity contribution >= 4 is 11.6 Å². The van der Waals surface area contributed by atoms with E-state index in [-0.39, 0.29) is 12.5 Å². The van der Waals surface area contributed by atoms with Gasteiger partial charge >= 0.3 is 0 Å². The molecule has 1 aromatic carbocycles. The van der Waals surface area contributed by atoms with E-state index in [4.69, 9.17) is 15.7 Å². The highest BCUT2D eigenvalue weighted by Gasteiger charge is 2.12. The minimum absolute atomic E-state index is 0.0204. The van der Waals surface area contributed by atoms with Gasteiger partial charge in [-0.2, -0.15) is 5.26 Å². The van der Waals surface area contributed by atoms with Crippen LogP contribution in [0, 0.1) is 11.3 Å². The summed E-state index contributed by atoms with van der Waals surface area (Å²) in [6.07, 6.45) is 2.62. The van der Waals surface area contributed by atoms with Gasteiger partial charge < -0.3 is 15.8 Å². The van der Waals surface area contributed by atoms with Crippen molar-refractivity contribution in [2.75, 3.05) is 11.9 Å². The first-order valence-corrected chi connectivity index (χ1v) is 6.33. The van der Waals surface area contributed by atoms with Crippen LogP contribution in [0.5, 0.6) is 5.75 Å². The molecule has 0 aromatic heterocycles. The molecule has 3 N–H and O–H groups in total. The summed E-state index contributed by atoms with van der Waals surface area (Å²) in [5.74, 6) is 0.340. The SMILES string of the molecule is CCCCC(N)C(=O)Nc1cccc(OCC#N)c1. The van der Waals surface area contributed by atoms with Gasteiger partial charge in [0.25, 0.3) is 0 Å². The molecule has 1 aromatic rings. The summed E-state index contributed by atoms with van der Waals surface area (Å²) in [6.45, 7) is 2.04. The number of nitrogens with zero attached hydrogens (tertiary/aromatic N) is 1. The number of unbranched alkanes of at least 4 members (excludes halogenated alkanes) is 1. The van der Waals surface area contributed by atoms with E-state index in [1.54, 1.807) is 24.3 Å². The van der Waals surface area contributed by atoms with Gasteiger partial charge in [0.15, 0.2) is 6.61 Å². The van der Waals surface area contributed by atoms with Crippen LogP contribution in [0.25, 0.3) is 0 Å². The molecule has 1 atom stereocenters. The number of nitrogens with one attached hydrogen (secondary N) is 1. The van der Waals surface area contributed by atoms with Crippen LogP contribution >= 0.6 is 0 Å². The maximum atomic E-state index is 11.8. The normalized spacial score (nSPS) is 11.4. The number of benzene rings is 1. The molecular weight excluding hydrogens is 242 g/mol. The van der Waals surface area contributed by atoms with Crippen LogP contribution in [0.2, 0.25) is 0 Å². The van der Waals surface area contributed by atoms with Crippen LogP contribution in [0.1, 0.15) is 26.2 Å². The zero-order valence-corrected chi connectivity index (χ0v) is 11.1. The van der Waals surface area contributed by atoms with E-state index in [1.165, 1.54) is 0 Å². The van der Waals surface area contributed by atoms with Gasteiger partial charge in [-0.05, 0) is 18.6 Å². The number of hydrogen-bond donors (Lipinski definition) is 2. The van der Waals surface area contributed by atoms with Gasteiger partial charge in [0.1, 0.15) is 11.8 Å². The number of carbonyl (C=O) groups excluding carboxylic acids is 1. The smallest absolute Gasteiger partial charge is 0.241 e. The summed E-state index contributed by atoms with van der Waals surface area (Å²) in [5.41, 5.74) is 6.40. The van der Waals surface area contributed by atoms with Crippen molar-refractivity contribution in [3.8, 4) is 11.8 Å². The summed E-state index contributed by atoms with van der Waals surface area (Å²) in [7, 11) is 0. The monoisotopic (exact) mass is 261 g/mol. The third kappa shape index (κ3) is 5.40. The van der Waals surface area contributed by atoms with E-state index in [0.29, 0.717) is 17.9 Å². The highest BCUT2D eigenvalue weighted by atomic mass is 16.5. The fourth-order valence-corrected chi connectivity index (χ4v) is 1.57. The average Bonchev–Trinajstić information content (AvgIpc) is 2.42. The molecule has 0 heterocycles. The lowest BCUT2D eigenvalue weighted by atomic mass is 10.1. The third-order valence-electron chi connectivity index (χ3n) is 2.61. The second-order valence-electron chi connectivity index (χ2n) is 4.21. The molecule has 0 fully saturated rings. The van der Waals surface area contributed by atoms with Crippen molar-refractivity contribution in [2.24, 2.45) is 5.73 Å². The molecule has 0 saturated heterocycles. The van der Waals surface area contributed by atoms with E-state index in [0.717, 1.165) is 12.8 Å². The third-order valence-corrected chi connectivity index (χ3v) is 2.61. The first-order chi connectivity index (χ1) is 9.17. The highest BCUT2D eigenvalue weighted by Crippen LogP contribution is 2.17. The zero-order chi connectivity index (χ0) is 14.1. The molecule has 0 radical (unpaired) electrons. The van der Waals surface area contributed by atoms with Gasteiger partial charge in [-0.3, -0.25) is 4.79 Å². The minimum Gasteiger partial charge on any atom is -0.479 e. The molecule has 5 nitrogen and oxygen atoms in total. The molecule has 0 aliphatic rings. The number of carbonyl (C=O) groups is 1. The maximum absolute atomic E-state index is 11.8. The molecule has 1 unspecified atom stereocenters. The van der Waals surface area contributed by atoms with Gasteiger partial charge in [-0.25, -0.2) is 0 Å². The average molecular weight is 261 g/mol. The van der Waals surface area contributed by atoms with Gasteiger partial charge in [-0.15, -0.1) is 0 Å². The fourth-order valence-electron chi connectivity index (χ4n) is 1.57. The molecule has 1 amide bonds. The predicted octanol–water partition coefficient (Wildman–Crippen LogP) is 2.04. The standard InChI is InChI=1S/C14H19N3O2/c1-2-3-7-13(16)14(18)17-11-5-4-6-12(10-11)19-9-8-15/h4-6,10,13H,2-3,7,9,16H2,1H3,(H,17,18). The molecule has 1 rings (SSSR count). The van der Waals surface area contributed by atoms with Crippen LogP contribution in [-0.2, 0) is 4.79 Å². The van der Waals surface area contributed by atoms with Crippen molar-refractivity contribution in [1.82, 2.24) is 0 Å². The number of ether oxygens (including phenoxy) is 1. The number of anilines is 1. The zero-order valence-electron chi connectivity index (χ0n) is 11.1. The Kier molecular flexibility index (Phi) is 6.41. The summed E-state index contributed by atoms with van der Waals surface area (Å²) in [5, 5.41) is 11.2. The predicted molar refractivity (Wildman–Crippen MR) is 73.7 cm³/mol. The second-order valence-corrected chi connectivity index (χ2v) is 4.21. The first-order valence-electron chi connectivity index (χ1n) is 6.33. The highest BCUT2D eigenvalue weighted by molar-refractivity contribution is 5.94. The molecular formula is C14H19N3O2. The molecule has 0 bridgehead atoms. The topological polar surface area (TPSA) is 88.1 Å².